The SMILES string of the molecule is COc1cc(NS(=O)(=O)CCCCCCS(=O)(=O)Nc2ccc(Nc3c4ccccc4nc4ccccc34)c(OC)c2)ccc1Nc1c2ccccc2nc2ccccc12. The molecule has 2 heterocycles. The van der Waals surface area contributed by atoms with Crippen molar-refractivity contribution < 1.29 is 26.3 Å². The molecule has 0 saturated carbocycles. The zero-order valence-corrected chi connectivity index (χ0v) is 34.7. The Morgan fingerprint density at radius 3 is 1.12 bits per heavy atom. The van der Waals surface area contributed by atoms with Crippen molar-refractivity contribution in [2.75, 3.05) is 45.8 Å². The lowest BCUT2D eigenvalue weighted by molar-refractivity contribution is 0.417. The minimum atomic E-state index is -3.68. The fourth-order valence-electron chi connectivity index (χ4n) is 7.33. The summed E-state index contributed by atoms with van der Waals surface area (Å²) in [5, 5.41) is 10.8. The summed E-state index contributed by atoms with van der Waals surface area (Å²) < 4.78 is 68.9. The van der Waals surface area contributed by atoms with Gasteiger partial charge in [0.1, 0.15) is 11.5 Å². The van der Waals surface area contributed by atoms with Gasteiger partial charge in [0.05, 0.1) is 81.9 Å². The molecule has 2 aromatic heterocycles. The molecule has 8 aromatic rings. The molecule has 60 heavy (non-hydrogen) atoms. The van der Waals surface area contributed by atoms with Gasteiger partial charge in [-0.1, -0.05) is 85.6 Å². The molecular formula is C46H44N6O6S2. The van der Waals surface area contributed by atoms with Gasteiger partial charge in [0.25, 0.3) is 0 Å². The summed E-state index contributed by atoms with van der Waals surface area (Å²) in [7, 11) is -4.29. The quantitative estimate of drug-likeness (QED) is 0.0513. The maximum atomic E-state index is 13.1. The summed E-state index contributed by atoms with van der Waals surface area (Å²) in [6.07, 6.45) is 1.83. The number of anilines is 6. The molecule has 0 radical (unpaired) electrons. The van der Waals surface area contributed by atoms with E-state index in [1.807, 2.05) is 97.1 Å². The van der Waals surface area contributed by atoms with E-state index in [4.69, 9.17) is 19.4 Å². The second-order valence-electron chi connectivity index (χ2n) is 14.4. The van der Waals surface area contributed by atoms with E-state index in [1.165, 1.54) is 14.2 Å². The number of para-hydroxylation sites is 4. The van der Waals surface area contributed by atoms with Gasteiger partial charge in [-0.25, -0.2) is 26.8 Å². The monoisotopic (exact) mass is 840 g/mol. The number of hydrogen-bond donors (Lipinski definition) is 4. The minimum Gasteiger partial charge on any atom is -0.494 e. The van der Waals surface area contributed by atoms with Crippen LogP contribution in [-0.4, -0.2) is 52.5 Å². The Morgan fingerprint density at radius 2 is 0.783 bits per heavy atom. The first kappa shape index (κ1) is 40.2. The van der Waals surface area contributed by atoms with E-state index in [-0.39, 0.29) is 11.5 Å². The largest absolute Gasteiger partial charge is 0.494 e. The number of hydrogen-bond acceptors (Lipinski definition) is 10. The number of methoxy groups -OCH3 is 2. The third-order valence-electron chi connectivity index (χ3n) is 10.2. The highest BCUT2D eigenvalue weighted by Crippen LogP contribution is 2.39. The summed E-state index contributed by atoms with van der Waals surface area (Å²) in [4.78, 5) is 9.58. The lowest BCUT2D eigenvalue weighted by Gasteiger charge is -2.17. The molecule has 14 heteroatoms. The van der Waals surface area contributed by atoms with Gasteiger partial charge in [-0.2, -0.15) is 0 Å². The second-order valence-corrected chi connectivity index (χ2v) is 18.1. The molecule has 0 aliphatic heterocycles. The molecule has 8 rings (SSSR count). The normalized spacial score (nSPS) is 11.8. The van der Waals surface area contributed by atoms with Gasteiger partial charge in [0, 0.05) is 33.7 Å². The van der Waals surface area contributed by atoms with Gasteiger partial charge in [0.15, 0.2) is 0 Å². The highest BCUT2D eigenvalue weighted by Gasteiger charge is 2.17. The van der Waals surface area contributed by atoms with Crippen molar-refractivity contribution >= 4 is 97.8 Å². The second kappa shape index (κ2) is 17.3. The molecule has 6 aromatic carbocycles. The lowest BCUT2D eigenvalue weighted by atomic mass is 10.1. The summed E-state index contributed by atoms with van der Waals surface area (Å²) in [5.41, 5.74) is 7.23. The number of nitrogens with one attached hydrogen (secondary N) is 4. The van der Waals surface area contributed by atoms with Gasteiger partial charge < -0.3 is 20.1 Å². The number of aromatic nitrogens is 2. The van der Waals surface area contributed by atoms with Gasteiger partial charge in [-0.05, 0) is 61.4 Å². The van der Waals surface area contributed by atoms with Crippen LogP contribution in [0.5, 0.6) is 11.5 Å². The van der Waals surface area contributed by atoms with Crippen molar-refractivity contribution in [1.82, 2.24) is 9.97 Å². The van der Waals surface area contributed by atoms with Crippen LogP contribution in [-0.2, 0) is 20.0 Å². The third-order valence-corrected chi connectivity index (χ3v) is 13.0. The Morgan fingerprint density at radius 1 is 0.450 bits per heavy atom. The molecule has 0 fully saturated rings. The number of fused-ring (bicyclic) bond motifs is 4. The molecule has 0 unspecified atom stereocenters. The predicted molar refractivity (Wildman–Crippen MR) is 244 cm³/mol. The Hall–Kier alpha value is -6.64. The molecule has 0 spiro atoms. The van der Waals surface area contributed by atoms with E-state index >= 15 is 0 Å². The smallest absolute Gasteiger partial charge is 0.232 e. The Bertz CT molecular complexity index is 2770. The Labute approximate surface area is 349 Å². The van der Waals surface area contributed by atoms with E-state index in [9.17, 15) is 16.8 Å². The van der Waals surface area contributed by atoms with Gasteiger partial charge >= 0.3 is 0 Å². The maximum absolute atomic E-state index is 13.1. The summed E-state index contributed by atoms with van der Waals surface area (Å²) in [5.74, 6) is 0.711. The number of unbranched alkanes of at least 4 members (excludes halogenated alkanes) is 3. The van der Waals surface area contributed by atoms with Crippen LogP contribution in [0.1, 0.15) is 25.7 Å². The molecule has 4 N–H and O–H groups in total. The van der Waals surface area contributed by atoms with Crippen molar-refractivity contribution in [3.8, 4) is 11.5 Å². The number of benzene rings is 6. The van der Waals surface area contributed by atoms with Crippen molar-refractivity contribution in [2.45, 2.75) is 25.7 Å². The van der Waals surface area contributed by atoms with Crippen LogP contribution < -0.4 is 29.6 Å². The first-order valence-corrected chi connectivity index (χ1v) is 22.9. The fraction of sp³-hybridized carbons (Fsp3) is 0.174. The predicted octanol–water partition coefficient (Wildman–Crippen LogP) is 10.3. The van der Waals surface area contributed by atoms with Crippen LogP contribution in [0.25, 0.3) is 43.6 Å². The lowest BCUT2D eigenvalue weighted by Crippen LogP contribution is -2.18. The summed E-state index contributed by atoms with van der Waals surface area (Å²) >= 11 is 0. The van der Waals surface area contributed by atoms with Gasteiger partial charge in [-0.15, -0.1) is 0 Å². The van der Waals surface area contributed by atoms with Crippen LogP contribution in [0.3, 0.4) is 0 Å². The molecule has 0 atom stereocenters. The molecule has 0 aliphatic rings. The van der Waals surface area contributed by atoms with Crippen molar-refractivity contribution in [1.29, 1.82) is 0 Å². The average Bonchev–Trinajstić information content (AvgIpc) is 3.25. The van der Waals surface area contributed by atoms with E-state index in [2.05, 4.69) is 20.1 Å². The minimum absolute atomic E-state index is 0.111. The number of rotatable bonds is 17. The Balaban J connectivity index is 0.836. The molecule has 0 bridgehead atoms. The highest BCUT2D eigenvalue weighted by molar-refractivity contribution is 7.92. The van der Waals surface area contributed by atoms with Crippen LogP contribution >= 0.6 is 0 Å². The van der Waals surface area contributed by atoms with Gasteiger partial charge in [0.2, 0.25) is 20.0 Å². The van der Waals surface area contributed by atoms with Crippen molar-refractivity contribution in [3.05, 3.63) is 133 Å². The first-order valence-electron chi connectivity index (χ1n) is 19.6. The summed E-state index contributed by atoms with van der Waals surface area (Å²) in [6, 6.07) is 41.7. The molecule has 0 aliphatic carbocycles. The van der Waals surface area contributed by atoms with Crippen LogP contribution in [0.4, 0.5) is 34.1 Å². The fourth-order valence-corrected chi connectivity index (χ4v) is 9.68. The van der Waals surface area contributed by atoms with E-state index in [0.29, 0.717) is 59.9 Å². The van der Waals surface area contributed by atoms with E-state index in [0.717, 1.165) is 55.0 Å². The molecule has 0 amide bonds. The summed E-state index contributed by atoms with van der Waals surface area (Å²) in [6.45, 7) is 0. The standard InChI is InChI=1S/C46H44N6O6S2/c1-57-43-29-31(23-25-41(43)49-45-33-15-5-9-19-37(33)47-38-20-10-6-16-34(38)45)51-59(53,54)27-13-3-4-14-28-60(55,56)52-32-24-26-42(44(30-32)58-2)50-46-35-17-7-11-21-39(35)48-40-22-12-8-18-36(40)46/h5-12,15-26,29-30,51-52H,3-4,13-14,27-28H2,1-2H3,(H,47,49)(H,48,50). The molecule has 306 valence electrons. The zero-order chi connectivity index (χ0) is 41.7. The molecule has 12 nitrogen and oxygen atoms in total. The van der Waals surface area contributed by atoms with Crippen molar-refractivity contribution in [3.63, 3.8) is 0 Å². The van der Waals surface area contributed by atoms with E-state index in [1.54, 1.807) is 36.4 Å². The molecule has 0 saturated heterocycles. The van der Waals surface area contributed by atoms with Crippen LogP contribution in [0, 0.1) is 0 Å². The maximum Gasteiger partial charge on any atom is 0.232 e. The van der Waals surface area contributed by atoms with E-state index < -0.39 is 20.0 Å². The molecular weight excluding hydrogens is 797 g/mol. The van der Waals surface area contributed by atoms with Crippen molar-refractivity contribution in [2.24, 2.45) is 0 Å². The van der Waals surface area contributed by atoms with Gasteiger partial charge in [-0.3, -0.25) is 9.44 Å². The van der Waals surface area contributed by atoms with Crippen LogP contribution in [0.15, 0.2) is 133 Å². The average molecular weight is 841 g/mol. The number of ether oxygens (including phenoxy) is 2. The Kier molecular flexibility index (Phi) is 11.6. The third kappa shape index (κ3) is 8.99. The first-order chi connectivity index (χ1) is 29.1. The number of nitrogens with zero attached hydrogens (tertiary/aromatic N) is 2. The number of pyridine rings is 2. The zero-order valence-electron chi connectivity index (χ0n) is 33.1. The number of sulfonamides is 2. The highest BCUT2D eigenvalue weighted by atomic mass is 32.2. The topological polar surface area (TPSA) is 161 Å². The van der Waals surface area contributed by atoms with Crippen LogP contribution in [0.2, 0.25) is 0 Å².